The van der Waals surface area contributed by atoms with Crippen LogP contribution in [0.2, 0.25) is 0 Å². The molecular formula is C29H34O6. The summed E-state index contributed by atoms with van der Waals surface area (Å²) in [6.45, 7) is 9.56. The number of benzene rings is 2. The van der Waals surface area contributed by atoms with E-state index in [1.165, 1.54) is 18.2 Å². The maximum absolute atomic E-state index is 11.4. The summed E-state index contributed by atoms with van der Waals surface area (Å²) in [5.74, 6) is 0.779. The van der Waals surface area contributed by atoms with Crippen molar-refractivity contribution in [3.8, 4) is 34.3 Å². The summed E-state index contributed by atoms with van der Waals surface area (Å²) in [4.78, 5) is 0. The fraction of sp³-hybridized carbons (Fsp3) is 0.379. The smallest absolute Gasteiger partial charge is 0.173 e. The molecule has 0 amide bonds. The van der Waals surface area contributed by atoms with Crippen molar-refractivity contribution in [2.45, 2.75) is 71.5 Å². The molecule has 2 heterocycles. The van der Waals surface area contributed by atoms with Gasteiger partial charge in [0.2, 0.25) is 0 Å². The predicted octanol–water partition coefficient (Wildman–Crippen LogP) is 6.83. The Morgan fingerprint density at radius 3 is 2.37 bits per heavy atom. The first-order chi connectivity index (χ1) is 16.3. The van der Waals surface area contributed by atoms with Crippen LogP contribution in [0.15, 0.2) is 46.4 Å². The Morgan fingerprint density at radius 2 is 1.74 bits per heavy atom. The van der Waals surface area contributed by atoms with Crippen LogP contribution in [0.25, 0.3) is 28.4 Å². The summed E-state index contributed by atoms with van der Waals surface area (Å²) >= 11 is 0. The second kappa shape index (κ2) is 9.00. The molecular weight excluding hydrogens is 444 g/mol. The minimum atomic E-state index is -0.747. The van der Waals surface area contributed by atoms with Gasteiger partial charge in [0.05, 0.1) is 11.2 Å². The van der Waals surface area contributed by atoms with Gasteiger partial charge in [-0.3, -0.25) is 0 Å². The number of fused-ring (bicyclic) bond motifs is 3. The number of aromatic hydroxyl groups is 3. The molecule has 6 nitrogen and oxygen atoms in total. The van der Waals surface area contributed by atoms with E-state index in [4.69, 9.17) is 9.15 Å². The molecule has 1 aliphatic rings. The predicted molar refractivity (Wildman–Crippen MR) is 138 cm³/mol. The number of rotatable bonds is 7. The first kappa shape index (κ1) is 24.7. The van der Waals surface area contributed by atoms with Gasteiger partial charge in [-0.1, -0.05) is 11.6 Å². The van der Waals surface area contributed by atoms with Crippen molar-refractivity contribution in [3.63, 3.8) is 0 Å². The Bertz CT molecular complexity index is 1300. The number of phenols is 3. The Hall–Kier alpha value is -3.38. The van der Waals surface area contributed by atoms with E-state index in [0.717, 1.165) is 17.4 Å². The third-order valence-electron chi connectivity index (χ3n) is 6.35. The van der Waals surface area contributed by atoms with Gasteiger partial charge in [-0.05, 0) is 90.7 Å². The molecule has 0 bridgehead atoms. The van der Waals surface area contributed by atoms with E-state index >= 15 is 0 Å². The molecule has 2 aromatic carbocycles. The van der Waals surface area contributed by atoms with Gasteiger partial charge in [-0.2, -0.15) is 0 Å². The first-order valence-corrected chi connectivity index (χ1v) is 11.9. The van der Waals surface area contributed by atoms with Crippen molar-refractivity contribution < 1.29 is 29.6 Å². The van der Waals surface area contributed by atoms with Crippen LogP contribution in [-0.2, 0) is 6.42 Å². The molecule has 3 aromatic rings. The van der Waals surface area contributed by atoms with Crippen molar-refractivity contribution in [3.05, 3.63) is 53.1 Å². The lowest BCUT2D eigenvalue weighted by molar-refractivity contribution is 0.0571. The molecule has 0 aliphatic carbocycles. The third-order valence-corrected chi connectivity index (χ3v) is 6.35. The lowest BCUT2D eigenvalue weighted by atomic mass is 9.90. The van der Waals surface area contributed by atoms with E-state index in [2.05, 4.69) is 0 Å². The fourth-order valence-corrected chi connectivity index (χ4v) is 4.49. The summed E-state index contributed by atoms with van der Waals surface area (Å²) in [7, 11) is 0. The highest BCUT2D eigenvalue weighted by Crippen LogP contribution is 2.49. The summed E-state index contributed by atoms with van der Waals surface area (Å²) in [5.41, 5.74) is 2.17. The number of phenolic OH excluding ortho intramolecular Hbond substituents is 3. The average Bonchev–Trinajstić information content (AvgIpc) is 3.17. The van der Waals surface area contributed by atoms with Crippen molar-refractivity contribution in [2.75, 3.05) is 0 Å². The minimum Gasteiger partial charge on any atom is -0.508 e. The van der Waals surface area contributed by atoms with E-state index < -0.39 is 11.2 Å². The number of ether oxygens (including phenoxy) is 1. The second-order valence-electron chi connectivity index (χ2n) is 10.6. The Morgan fingerprint density at radius 1 is 1.06 bits per heavy atom. The van der Waals surface area contributed by atoms with Gasteiger partial charge >= 0.3 is 0 Å². The zero-order valence-corrected chi connectivity index (χ0v) is 21.0. The molecule has 0 fully saturated rings. The van der Waals surface area contributed by atoms with Gasteiger partial charge in [0.15, 0.2) is 11.5 Å². The Balaban J connectivity index is 1.82. The summed E-state index contributed by atoms with van der Waals surface area (Å²) in [5, 5.41) is 42.1. The van der Waals surface area contributed by atoms with Crippen molar-refractivity contribution in [1.82, 2.24) is 0 Å². The number of hydrogen-bond donors (Lipinski definition) is 4. The second-order valence-corrected chi connectivity index (χ2v) is 10.6. The molecule has 1 aliphatic heterocycles. The molecule has 4 N–H and O–H groups in total. The topological polar surface area (TPSA) is 103 Å². The van der Waals surface area contributed by atoms with Gasteiger partial charge in [-0.25, -0.2) is 0 Å². The molecule has 0 unspecified atom stereocenters. The van der Waals surface area contributed by atoms with Crippen molar-refractivity contribution >= 4 is 17.0 Å². The third kappa shape index (κ3) is 5.33. The molecule has 4 rings (SSSR count). The molecule has 0 radical (unpaired) electrons. The average molecular weight is 479 g/mol. The quantitative estimate of drug-likeness (QED) is 0.278. The number of hydrogen-bond acceptors (Lipinski definition) is 6. The van der Waals surface area contributed by atoms with Crippen LogP contribution in [0.5, 0.6) is 23.0 Å². The SMILES string of the molecule is CC(C)=CCc1c(O)c2c(c3oc(-c4cc(O)cc(O)c4)cc13)C=C[C@@](C)(CCCC(C)(C)O)O2. The summed E-state index contributed by atoms with van der Waals surface area (Å²) in [6, 6.07) is 6.12. The molecule has 35 heavy (non-hydrogen) atoms. The maximum atomic E-state index is 11.4. The van der Waals surface area contributed by atoms with E-state index in [0.29, 0.717) is 53.0 Å². The monoisotopic (exact) mass is 478 g/mol. The molecule has 0 spiro atoms. The van der Waals surface area contributed by atoms with Crippen molar-refractivity contribution in [1.29, 1.82) is 0 Å². The zero-order chi connectivity index (χ0) is 25.5. The van der Waals surface area contributed by atoms with Gasteiger partial charge in [0, 0.05) is 22.6 Å². The van der Waals surface area contributed by atoms with Gasteiger partial charge in [-0.15, -0.1) is 0 Å². The normalized spacial score (nSPS) is 17.3. The highest BCUT2D eigenvalue weighted by atomic mass is 16.5. The van der Waals surface area contributed by atoms with Gasteiger partial charge in [0.1, 0.15) is 28.4 Å². The maximum Gasteiger partial charge on any atom is 0.173 e. The molecule has 0 saturated heterocycles. The highest BCUT2D eigenvalue weighted by molar-refractivity contribution is 5.97. The Kier molecular flexibility index (Phi) is 6.36. The van der Waals surface area contributed by atoms with Gasteiger partial charge in [0.25, 0.3) is 0 Å². The van der Waals surface area contributed by atoms with Crippen LogP contribution in [0.4, 0.5) is 0 Å². The van der Waals surface area contributed by atoms with E-state index in [1.54, 1.807) is 13.8 Å². The number of aliphatic hydroxyl groups is 1. The first-order valence-electron chi connectivity index (χ1n) is 11.9. The molecule has 1 atom stereocenters. The van der Waals surface area contributed by atoms with Crippen LogP contribution in [0.1, 0.15) is 65.0 Å². The number of allylic oxidation sites excluding steroid dienone is 2. The van der Waals surface area contributed by atoms with Crippen LogP contribution < -0.4 is 4.74 Å². The largest absolute Gasteiger partial charge is 0.508 e. The molecule has 6 heteroatoms. The molecule has 186 valence electrons. The van der Waals surface area contributed by atoms with Crippen LogP contribution in [-0.4, -0.2) is 31.6 Å². The molecule has 1 aromatic heterocycles. The lowest BCUT2D eigenvalue weighted by Gasteiger charge is -2.33. The lowest BCUT2D eigenvalue weighted by Crippen LogP contribution is -2.33. The Labute approximate surface area is 205 Å². The van der Waals surface area contributed by atoms with E-state index in [9.17, 15) is 20.4 Å². The standard InChI is InChI=1S/C29H34O6/c1-17(2)7-8-21-23-16-24(18-13-19(30)15-20(31)14-18)34-26(23)22-9-12-29(5,35-27(22)25(21)32)11-6-10-28(3,4)33/h7,9,12-16,30-33H,6,8,10-11H2,1-5H3/t29-/m1/s1. The summed E-state index contributed by atoms with van der Waals surface area (Å²) in [6.07, 6.45) is 8.50. The molecule has 0 saturated carbocycles. The highest BCUT2D eigenvalue weighted by Gasteiger charge is 2.33. The van der Waals surface area contributed by atoms with Gasteiger partial charge < -0.3 is 29.6 Å². The zero-order valence-electron chi connectivity index (χ0n) is 21.0. The van der Waals surface area contributed by atoms with E-state index in [1.807, 2.05) is 45.1 Å². The van der Waals surface area contributed by atoms with Crippen LogP contribution in [0.3, 0.4) is 0 Å². The van der Waals surface area contributed by atoms with Crippen LogP contribution >= 0.6 is 0 Å². The summed E-state index contributed by atoms with van der Waals surface area (Å²) < 4.78 is 12.6. The van der Waals surface area contributed by atoms with E-state index in [-0.39, 0.29) is 17.2 Å². The van der Waals surface area contributed by atoms with Crippen LogP contribution in [0, 0.1) is 0 Å². The minimum absolute atomic E-state index is 0.0693. The van der Waals surface area contributed by atoms with Crippen molar-refractivity contribution in [2.24, 2.45) is 0 Å². The number of furan rings is 1. The fourth-order valence-electron chi connectivity index (χ4n) is 4.49.